The molecular formula is C16H16FN3O. The number of nitriles is 1. The number of nitrogens with zero attached hydrogens (tertiary/aromatic N) is 2. The summed E-state index contributed by atoms with van der Waals surface area (Å²) in [5, 5.41) is 8.82. The molecule has 0 amide bonds. The minimum absolute atomic E-state index is 0.0142. The number of hydrogen-bond acceptors (Lipinski definition) is 4. The lowest BCUT2D eigenvalue weighted by atomic mass is 10.1. The van der Waals surface area contributed by atoms with Crippen molar-refractivity contribution < 1.29 is 9.13 Å². The van der Waals surface area contributed by atoms with E-state index in [2.05, 4.69) is 4.98 Å². The summed E-state index contributed by atoms with van der Waals surface area (Å²) in [4.78, 5) is 4.38. The Kier molecular flexibility index (Phi) is 4.85. The fraction of sp³-hybridized carbons (Fsp3) is 0.250. The first-order valence-electron chi connectivity index (χ1n) is 6.62. The van der Waals surface area contributed by atoms with Crippen LogP contribution in [0, 0.1) is 24.1 Å². The zero-order valence-electron chi connectivity index (χ0n) is 11.8. The summed E-state index contributed by atoms with van der Waals surface area (Å²) >= 11 is 0. The van der Waals surface area contributed by atoms with Crippen LogP contribution in [0.1, 0.15) is 22.5 Å². The quantitative estimate of drug-likeness (QED) is 0.916. The summed E-state index contributed by atoms with van der Waals surface area (Å²) in [5.74, 6) is 0.0493. The van der Waals surface area contributed by atoms with E-state index in [9.17, 15) is 4.39 Å². The number of nitrogens with two attached hydrogens (primary N) is 1. The predicted octanol–water partition coefficient (Wildman–Crippen LogP) is 2.48. The van der Waals surface area contributed by atoms with Gasteiger partial charge in [0.25, 0.3) is 0 Å². The summed E-state index contributed by atoms with van der Waals surface area (Å²) in [6.45, 7) is 2.40. The molecule has 0 saturated heterocycles. The minimum Gasteiger partial charge on any atom is -0.487 e. The molecule has 0 unspecified atom stereocenters. The van der Waals surface area contributed by atoms with Gasteiger partial charge in [0.15, 0.2) is 0 Å². The zero-order chi connectivity index (χ0) is 15.2. The molecule has 0 radical (unpaired) electrons. The Labute approximate surface area is 123 Å². The fourth-order valence-corrected chi connectivity index (χ4v) is 1.98. The maximum atomic E-state index is 14.0. The van der Waals surface area contributed by atoms with Gasteiger partial charge in [0.2, 0.25) is 0 Å². The van der Waals surface area contributed by atoms with Crippen LogP contribution in [0.2, 0.25) is 0 Å². The van der Waals surface area contributed by atoms with Crippen molar-refractivity contribution in [3.05, 3.63) is 58.7 Å². The van der Waals surface area contributed by atoms with Crippen LogP contribution in [0.3, 0.4) is 0 Å². The van der Waals surface area contributed by atoms with Gasteiger partial charge in [-0.05, 0) is 31.7 Å². The lowest BCUT2D eigenvalue weighted by Gasteiger charge is -2.12. The Morgan fingerprint density at radius 2 is 2.14 bits per heavy atom. The van der Waals surface area contributed by atoms with Crippen molar-refractivity contribution in [3.63, 3.8) is 0 Å². The second-order valence-corrected chi connectivity index (χ2v) is 4.62. The third-order valence-electron chi connectivity index (χ3n) is 3.04. The van der Waals surface area contributed by atoms with Crippen LogP contribution in [-0.4, -0.2) is 11.5 Å². The van der Waals surface area contributed by atoms with E-state index in [0.29, 0.717) is 24.3 Å². The van der Waals surface area contributed by atoms with E-state index < -0.39 is 5.82 Å². The number of ether oxygens (including phenoxy) is 1. The summed E-state index contributed by atoms with van der Waals surface area (Å²) in [7, 11) is 0. The highest BCUT2D eigenvalue weighted by atomic mass is 19.1. The molecule has 0 bridgehead atoms. The maximum Gasteiger partial charge on any atom is 0.147 e. The Hall–Kier alpha value is -2.45. The summed E-state index contributed by atoms with van der Waals surface area (Å²) in [6, 6.07) is 10.1. The number of aryl methyl sites for hydroxylation is 1. The average Bonchev–Trinajstić information content (AvgIpc) is 2.48. The monoisotopic (exact) mass is 285 g/mol. The van der Waals surface area contributed by atoms with Gasteiger partial charge in [-0.1, -0.05) is 12.1 Å². The van der Waals surface area contributed by atoms with Crippen LogP contribution in [0.15, 0.2) is 30.3 Å². The standard InChI is InChI=1S/C16H16FN3O/c1-11-5-6-15(14(20-11)7-8-18)21-10-13-4-2-3-12(9-19)16(13)17/h2-6H,7-8,10,18H2,1H3. The van der Waals surface area contributed by atoms with Gasteiger partial charge in [0.1, 0.15) is 24.2 Å². The van der Waals surface area contributed by atoms with E-state index in [4.69, 9.17) is 15.7 Å². The van der Waals surface area contributed by atoms with Crippen LogP contribution in [-0.2, 0) is 13.0 Å². The van der Waals surface area contributed by atoms with Crippen molar-refractivity contribution in [2.45, 2.75) is 20.0 Å². The first-order valence-corrected chi connectivity index (χ1v) is 6.62. The highest BCUT2D eigenvalue weighted by molar-refractivity contribution is 5.35. The van der Waals surface area contributed by atoms with Crippen molar-refractivity contribution in [3.8, 4) is 11.8 Å². The number of halogens is 1. The normalized spacial score (nSPS) is 10.2. The van der Waals surface area contributed by atoms with Gasteiger partial charge in [-0.2, -0.15) is 5.26 Å². The Balaban J connectivity index is 2.19. The number of pyridine rings is 1. The van der Waals surface area contributed by atoms with E-state index in [0.717, 1.165) is 11.4 Å². The third-order valence-corrected chi connectivity index (χ3v) is 3.04. The molecule has 0 fully saturated rings. The van der Waals surface area contributed by atoms with E-state index in [-0.39, 0.29) is 12.2 Å². The fourth-order valence-electron chi connectivity index (χ4n) is 1.98. The largest absolute Gasteiger partial charge is 0.487 e. The number of hydrogen-bond donors (Lipinski definition) is 1. The lowest BCUT2D eigenvalue weighted by molar-refractivity contribution is 0.295. The Bertz CT molecular complexity index is 680. The molecule has 1 aromatic carbocycles. The van der Waals surface area contributed by atoms with Gasteiger partial charge in [-0.15, -0.1) is 0 Å². The Morgan fingerprint density at radius 3 is 2.86 bits per heavy atom. The number of benzene rings is 1. The third kappa shape index (κ3) is 3.56. The van der Waals surface area contributed by atoms with E-state index >= 15 is 0 Å². The second kappa shape index (κ2) is 6.82. The average molecular weight is 285 g/mol. The molecule has 1 heterocycles. The van der Waals surface area contributed by atoms with Crippen molar-refractivity contribution >= 4 is 0 Å². The van der Waals surface area contributed by atoms with Crippen LogP contribution < -0.4 is 10.5 Å². The van der Waals surface area contributed by atoms with Crippen LogP contribution in [0.4, 0.5) is 4.39 Å². The summed E-state index contributed by atoms with van der Waals surface area (Å²) in [5.41, 5.74) is 7.55. The van der Waals surface area contributed by atoms with Gasteiger partial charge in [-0.25, -0.2) is 4.39 Å². The Morgan fingerprint density at radius 1 is 1.33 bits per heavy atom. The molecular weight excluding hydrogens is 269 g/mol. The molecule has 2 rings (SSSR count). The van der Waals surface area contributed by atoms with Gasteiger partial charge in [0.05, 0.1) is 11.3 Å². The molecule has 4 nitrogen and oxygen atoms in total. The molecule has 0 spiro atoms. The minimum atomic E-state index is -0.541. The second-order valence-electron chi connectivity index (χ2n) is 4.62. The van der Waals surface area contributed by atoms with Gasteiger partial charge in [-0.3, -0.25) is 4.98 Å². The summed E-state index contributed by atoms with van der Waals surface area (Å²) < 4.78 is 19.6. The van der Waals surface area contributed by atoms with Crippen LogP contribution >= 0.6 is 0 Å². The summed E-state index contributed by atoms with van der Waals surface area (Å²) in [6.07, 6.45) is 0.595. The number of aromatic nitrogens is 1. The van der Waals surface area contributed by atoms with E-state index in [1.54, 1.807) is 18.2 Å². The molecule has 2 N–H and O–H groups in total. The molecule has 1 aromatic heterocycles. The molecule has 108 valence electrons. The van der Waals surface area contributed by atoms with Gasteiger partial charge < -0.3 is 10.5 Å². The van der Waals surface area contributed by atoms with Gasteiger partial charge in [0, 0.05) is 17.7 Å². The number of rotatable bonds is 5. The highest BCUT2D eigenvalue weighted by Gasteiger charge is 2.10. The van der Waals surface area contributed by atoms with Crippen molar-refractivity contribution in [2.24, 2.45) is 5.73 Å². The molecule has 0 aliphatic rings. The van der Waals surface area contributed by atoms with Gasteiger partial charge >= 0.3 is 0 Å². The molecule has 0 saturated carbocycles. The SMILES string of the molecule is Cc1ccc(OCc2cccc(C#N)c2F)c(CCN)n1. The zero-order valence-corrected chi connectivity index (χ0v) is 11.8. The smallest absolute Gasteiger partial charge is 0.147 e. The van der Waals surface area contributed by atoms with Crippen molar-refractivity contribution in [1.29, 1.82) is 5.26 Å². The first kappa shape index (κ1) is 14.9. The first-order chi connectivity index (χ1) is 10.2. The molecule has 21 heavy (non-hydrogen) atoms. The van der Waals surface area contributed by atoms with Crippen LogP contribution in [0.25, 0.3) is 0 Å². The molecule has 2 aromatic rings. The van der Waals surface area contributed by atoms with Crippen LogP contribution in [0.5, 0.6) is 5.75 Å². The molecule has 0 aliphatic carbocycles. The van der Waals surface area contributed by atoms with Crippen molar-refractivity contribution in [2.75, 3.05) is 6.54 Å². The topological polar surface area (TPSA) is 71.9 Å². The highest BCUT2D eigenvalue weighted by Crippen LogP contribution is 2.20. The lowest BCUT2D eigenvalue weighted by Crippen LogP contribution is -2.08. The molecule has 5 heteroatoms. The van der Waals surface area contributed by atoms with E-state index in [1.165, 1.54) is 6.07 Å². The maximum absolute atomic E-state index is 14.0. The molecule has 0 aliphatic heterocycles. The van der Waals surface area contributed by atoms with Crippen molar-refractivity contribution in [1.82, 2.24) is 4.98 Å². The van der Waals surface area contributed by atoms with E-state index in [1.807, 2.05) is 19.1 Å². The predicted molar refractivity (Wildman–Crippen MR) is 77.2 cm³/mol. The molecule has 0 atom stereocenters.